The molecule has 0 atom stereocenters. The Morgan fingerprint density at radius 1 is 1.35 bits per heavy atom. The van der Waals surface area contributed by atoms with Crippen LogP contribution in [0.1, 0.15) is 23.2 Å². The molecule has 0 aromatic heterocycles. The van der Waals surface area contributed by atoms with Gasteiger partial charge < -0.3 is 10.2 Å². The van der Waals surface area contributed by atoms with Crippen molar-refractivity contribution in [2.24, 2.45) is 0 Å². The molecule has 0 aliphatic carbocycles. The van der Waals surface area contributed by atoms with E-state index in [0.29, 0.717) is 0 Å². The first-order valence-corrected chi connectivity index (χ1v) is 6.89. The number of nitrogens with one attached hydrogen (secondary N) is 1. The van der Waals surface area contributed by atoms with Gasteiger partial charge in [-0.1, -0.05) is 22.0 Å². The molecule has 0 saturated carbocycles. The van der Waals surface area contributed by atoms with Crippen LogP contribution in [0.25, 0.3) is 0 Å². The molecule has 4 heteroatoms. The molecule has 0 spiro atoms. The van der Waals surface area contributed by atoms with E-state index in [2.05, 4.69) is 21.2 Å². The summed E-state index contributed by atoms with van der Waals surface area (Å²) in [5.41, 5.74) is 1.76. The highest BCUT2D eigenvalue weighted by atomic mass is 79.9. The molecule has 0 heterocycles. The van der Waals surface area contributed by atoms with Gasteiger partial charge in [-0.25, -0.2) is 0 Å². The number of carbonyl (C=O) groups excluding carboxylic acids is 1. The van der Waals surface area contributed by atoms with Crippen LogP contribution in [0, 0.1) is 0 Å². The van der Waals surface area contributed by atoms with Crippen LogP contribution in [0.15, 0.2) is 24.3 Å². The summed E-state index contributed by atoms with van der Waals surface area (Å²) in [6.45, 7) is 0.733. The average molecular weight is 299 g/mol. The first kappa shape index (κ1) is 14.0. The summed E-state index contributed by atoms with van der Waals surface area (Å²) >= 11 is 3.37. The molecule has 1 aromatic rings. The Kier molecular flexibility index (Phi) is 6.05. The molecule has 0 radical (unpaired) electrons. The van der Waals surface area contributed by atoms with Gasteiger partial charge >= 0.3 is 0 Å². The Labute approximate surface area is 111 Å². The fraction of sp³-hybridized carbons (Fsp3) is 0.462. The number of benzene rings is 1. The lowest BCUT2D eigenvalue weighted by atomic mass is 10.2. The monoisotopic (exact) mass is 298 g/mol. The minimum absolute atomic E-state index is 0.00303. The Bertz CT molecular complexity index is 366. The molecule has 1 amide bonds. The van der Waals surface area contributed by atoms with E-state index < -0.39 is 0 Å². The normalized spacial score (nSPS) is 10.1. The highest BCUT2D eigenvalue weighted by Crippen LogP contribution is 2.13. The van der Waals surface area contributed by atoms with E-state index in [9.17, 15) is 4.79 Å². The molecule has 0 aliphatic heterocycles. The van der Waals surface area contributed by atoms with Gasteiger partial charge in [0.15, 0.2) is 0 Å². The Hall–Kier alpha value is -1.03. The van der Waals surface area contributed by atoms with Gasteiger partial charge in [0.25, 0.3) is 5.91 Å². The van der Waals surface area contributed by atoms with Crippen LogP contribution >= 0.6 is 15.9 Å². The third-order valence-corrected chi connectivity index (χ3v) is 3.03. The van der Waals surface area contributed by atoms with Crippen molar-refractivity contribution in [3.05, 3.63) is 29.8 Å². The molecule has 0 unspecified atom stereocenters. The third-order valence-electron chi connectivity index (χ3n) is 2.47. The smallest absolute Gasteiger partial charge is 0.251 e. The number of halogens is 1. The van der Waals surface area contributed by atoms with Gasteiger partial charge in [0.1, 0.15) is 0 Å². The minimum atomic E-state index is 0.00303. The van der Waals surface area contributed by atoms with Crippen LogP contribution in [0.3, 0.4) is 0 Å². The van der Waals surface area contributed by atoms with Crippen molar-refractivity contribution in [1.29, 1.82) is 0 Å². The van der Waals surface area contributed by atoms with Gasteiger partial charge in [0, 0.05) is 37.2 Å². The number of carbonyl (C=O) groups is 1. The predicted molar refractivity (Wildman–Crippen MR) is 76.1 cm³/mol. The second-order valence-corrected chi connectivity index (χ2v) is 4.89. The summed E-state index contributed by atoms with van der Waals surface area (Å²) in [5, 5.41) is 3.91. The van der Waals surface area contributed by atoms with Crippen LogP contribution in [0.2, 0.25) is 0 Å². The Morgan fingerprint density at radius 3 is 2.76 bits per heavy atom. The summed E-state index contributed by atoms with van der Waals surface area (Å²) in [7, 11) is 3.93. The summed E-state index contributed by atoms with van der Waals surface area (Å²) in [6.07, 6.45) is 2.09. The van der Waals surface area contributed by atoms with Crippen LogP contribution < -0.4 is 10.2 Å². The number of rotatable bonds is 6. The van der Waals surface area contributed by atoms with E-state index in [1.807, 2.05) is 43.3 Å². The van der Waals surface area contributed by atoms with E-state index in [0.717, 1.165) is 36.0 Å². The molecule has 94 valence electrons. The molecule has 1 rings (SSSR count). The number of anilines is 1. The molecule has 0 bridgehead atoms. The van der Waals surface area contributed by atoms with Crippen LogP contribution in [-0.2, 0) is 0 Å². The van der Waals surface area contributed by atoms with Gasteiger partial charge in [0.2, 0.25) is 0 Å². The predicted octanol–water partition coefficient (Wildman–Crippen LogP) is 2.66. The standard InChI is InChI=1S/C13H19BrN2O/c1-16(2)12-7-5-6-11(10-12)13(17)15-9-4-3-8-14/h5-7,10H,3-4,8-9H2,1-2H3,(H,15,17). The zero-order valence-corrected chi connectivity index (χ0v) is 12.0. The third kappa shape index (κ3) is 4.77. The van der Waals surface area contributed by atoms with Crippen LogP contribution in [0.4, 0.5) is 5.69 Å². The van der Waals surface area contributed by atoms with E-state index in [-0.39, 0.29) is 5.91 Å². The number of nitrogens with zero attached hydrogens (tertiary/aromatic N) is 1. The molecular weight excluding hydrogens is 280 g/mol. The molecule has 1 aromatic carbocycles. The second-order valence-electron chi connectivity index (χ2n) is 4.10. The summed E-state index contributed by atoms with van der Waals surface area (Å²) in [4.78, 5) is 13.8. The van der Waals surface area contributed by atoms with E-state index >= 15 is 0 Å². The topological polar surface area (TPSA) is 32.3 Å². The highest BCUT2D eigenvalue weighted by Gasteiger charge is 2.05. The Morgan fingerprint density at radius 2 is 2.12 bits per heavy atom. The van der Waals surface area contributed by atoms with Gasteiger partial charge in [0.05, 0.1) is 0 Å². The van der Waals surface area contributed by atoms with Gasteiger partial charge in [-0.05, 0) is 31.0 Å². The van der Waals surface area contributed by atoms with E-state index in [4.69, 9.17) is 0 Å². The van der Waals surface area contributed by atoms with Crippen molar-refractivity contribution in [3.8, 4) is 0 Å². The Balaban J connectivity index is 2.53. The zero-order chi connectivity index (χ0) is 12.7. The van der Waals surface area contributed by atoms with Gasteiger partial charge in [-0.3, -0.25) is 4.79 Å². The average Bonchev–Trinajstić information content (AvgIpc) is 2.34. The molecule has 17 heavy (non-hydrogen) atoms. The quantitative estimate of drug-likeness (QED) is 0.647. The molecule has 0 fully saturated rings. The van der Waals surface area contributed by atoms with Gasteiger partial charge in [-0.15, -0.1) is 0 Å². The highest BCUT2D eigenvalue weighted by molar-refractivity contribution is 9.09. The molecular formula is C13H19BrN2O. The van der Waals surface area contributed by atoms with Crippen LogP contribution in [-0.4, -0.2) is 31.9 Å². The molecule has 1 N–H and O–H groups in total. The maximum Gasteiger partial charge on any atom is 0.251 e. The maximum atomic E-state index is 11.8. The lowest BCUT2D eigenvalue weighted by molar-refractivity contribution is 0.0953. The largest absolute Gasteiger partial charge is 0.378 e. The van der Waals surface area contributed by atoms with Crippen molar-refractivity contribution in [3.63, 3.8) is 0 Å². The zero-order valence-electron chi connectivity index (χ0n) is 10.4. The lowest BCUT2D eigenvalue weighted by Crippen LogP contribution is -2.24. The van der Waals surface area contributed by atoms with Crippen molar-refractivity contribution in [2.75, 3.05) is 30.9 Å². The fourth-order valence-corrected chi connectivity index (χ4v) is 1.85. The fourth-order valence-electron chi connectivity index (χ4n) is 1.45. The first-order valence-electron chi connectivity index (χ1n) is 5.76. The maximum absolute atomic E-state index is 11.8. The summed E-state index contributed by atoms with van der Waals surface area (Å²) in [5.74, 6) is 0.00303. The lowest BCUT2D eigenvalue weighted by Gasteiger charge is -2.13. The van der Waals surface area contributed by atoms with E-state index in [1.54, 1.807) is 0 Å². The SMILES string of the molecule is CN(C)c1cccc(C(=O)NCCCCBr)c1. The van der Waals surface area contributed by atoms with Gasteiger partial charge in [-0.2, -0.15) is 0 Å². The number of hydrogen-bond acceptors (Lipinski definition) is 2. The first-order chi connectivity index (χ1) is 8.15. The summed E-state index contributed by atoms with van der Waals surface area (Å²) in [6, 6.07) is 7.64. The van der Waals surface area contributed by atoms with Crippen molar-refractivity contribution in [2.45, 2.75) is 12.8 Å². The number of hydrogen-bond donors (Lipinski definition) is 1. The van der Waals surface area contributed by atoms with E-state index in [1.165, 1.54) is 0 Å². The molecule has 0 aliphatic rings. The number of unbranched alkanes of at least 4 members (excludes halogenated alkanes) is 1. The number of alkyl halides is 1. The van der Waals surface area contributed by atoms with Crippen LogP contribution in [0.5, 0.6) is 0 Å². The van der Waals surface area contributed by atoms with Crippen molar-refractivity contribution < 1.29 is 4.79 Å². The molecule has 0 saturated heterocycles. The number of amides is 1. The second kappa shape index (κ2) is 7.33. The minimum Gasteiger partial charge on any atom is -0.378 e. The van der Waals surface area contributed by atoms with Crippen molar-refractivity contribution in [1.82, 2.24) is 5.32 Å². The molecule has 3 nitrogen and oxygen atoms in total. The summed E-state index contributed by atoms with van der Waals surface area (Å²) < 4.78 is 0. The van der Waals surface area contributed by atoms with Crippen molar-refractivity contribution >= 4 is 27.5 Å².